The molecule has 0 atom stereocenters. The second kappa shape index (κ2) is 9.94. The molecule has 0 saturated carbocycles. The van der Waals surface area contributed by atoms with Crippen LogP contribution in [0.4, 0.5) is 10.1 Å². The first-order chi connectivity index (χ1) is 15.9. The van der Waals surface area contributed by atoms with E-state index in [0.717, 1.165) is 42.9 Å². The fraction of sp³-hybridized carbons (Fsp3) is 0.414. The largest absolute Gasteiger partial charge is 0.493 e. The van der Waals surface area contributed by atoms with Crippen molar-refractivity contribution in [3.63, 3.8) is 0 Å². The molecule has 3 nitrogen and oxygen atoms in total. The average Bonchev–Trinajstić information content (AvgIpc) is 2.81. The number of aromatic nitrogens is 1. The highest BCUT2D eigenvalue weighted by atomic mass is 19.1. The van der Waals surface area contributed by atoms with Crippen LogP contribution in [0.1, 0.15) is 50.4 Å². The molecule has 1 aliphatic heterocycles. The third-order valence-corrected chi connectivity index (χ3v) is 6.85. The van der Waals surface area contributed by atoms with Gasteiger partial charge in [0.1, 0.15) is 11.6 Å². The van der Waals surface area contributed by atoms with E-state index in [-0.39, 0.29) is 5.82 Å². The van der Waals surface area contributed by atoms with Crippen LogP contribution in [0.25, 0.3) is 11.1 Å². The molecule has 4 heteroatoms. The molecule has 33 heavy (non-hydrogen) atoms. The zero-order valence-electron chi connectivity index (χ0n) is 20.3. The zero-order chi connectivity index (χ0) is 23.4. The lowest BCUT2D eigenvalue weighted by atomic mass is 9.82. The number of hydrogen-bond donors (Lipinski definition) is 0. The molecule has 1 fully saturated rings. The van der Waals surface area contributed by atoms with E-state index < -0.39 is 0 Å². The van der Waals surface area contributed by atoms with Crippen molar-refractivity contribution in [1.82, 2.24) is 4.98 Å². The number of rotatable bonds is 7. The Balaban J connectivity index is 1.52. The molecule has 0 amide bonds. The van der Waals surface area contributed by atoms with E-state index in [9.17, 15) is 4.39 Å². The standard InChI is InChI=1S/C29H35FN2O/c1-5-23-20-31-21(2)27(28(23)32-17-15-29(3,4)16-18-32)24-8-12-26(13-9-24)33-19-14-22-6-10-25(30)11-7-22/h6-13,20H,5,14-19H2,1-4H3. The Morgan fingerprint density at radius 3 is 2.30 bits per heavy atom. The summed E-state index contributed by atoms with van der Waals surface area (Å²) < 4.78 is 19.0. The molecule has 1 aromatic heterocycles. The highest BCUT2D eigenvalue weighted by Crippen LogP contribution is 2.40. The monoisotopic (exact) mass is 446 g/mol. The molecule has 0 unspecified atom stereocenters. The zero-order valence-corrected chi connectivity index (χ0v) is 20.3. The van der Waals surface area contributed by atoms with Gasteiger partial charge in [0.2, 0.25) is 0 Å². The van der Waals surface area contributed by atoms with Gasteiger partial charge in [0, 0.05) is 37.0 Å². The number of pyridine rings is 1. The van der Waals surface area contributed by atoms with E-state index in [1.807, 2.05) is 24.3 Å². The summed E-state index contributed by atoms with van der Waals surface area (Å²) in [6, 6.07) is 15.0. The summed E-state index contributed by atoms with van der Waals surface area (Å²) in [5, 5.41) is 0. The Morgan fingerprint density at radius 2 is 1.67 bits per heavy atom. The Bertz CT molecular complexity index is 1060. The van der Waals surface area contributed by atoms with E-state index in [1.165, 1.54) is 47.4 Å². The molecule has 4 rings (SSSR count). The van der Waals surface area contributed by atoms with Crippen LogP contribution in [0.3, 0.4) is 0 Å². The predicted molar refractivity (Wildman–Crippen MR) is 135 cm³/mol. The van der Waals surface area contributed by atoms with Gasteiger partial charge >= 0.3 is 0 Å². The van der Waals surface area contributed by atoms with Gasteiger partial charge < -0.3 is 9.64 Å². The summed E-state index contributed by atoms with van der Waals surface area (Å²) in [5.74, 6) is 0.638. The lowest BCUT2D eigenvalue weighted by Gasteiger charge is -2.40. The first kappa shape index (κ1) is 23.3. The molecule has 1 aliphatic rings. The maximum Gasteiger partial charge on any atom is 0.123 e. The number of halogens is 1. The first-order valence-electron chi connectivity index (χ1n) is 12.1. The van der Waals surface area contributed by atoms with Gasteiger partial charge in [-0.05, 0) is 72.6 Å². The first-order valence-corrected chi connectivity index (χ1v) is 12.1. The fourth-order valence-electron chi connectivity index (χ4n) is 4.59. The number of hydrogen-bond acceptors (Lipinski definition) is 3. The molecular formula is C29H35FN2O. The lowest BCUT2D eigenvalue weighted by Crippen LogP contribution is -2.38. The number of benzene rings is 2. The molecule has 0 aliphatic carbocycles. The van der Waals surface area contributed by atoms with Crippen LogP contribution >= 0.6 is 0 Å². The van der Waals surface area contributed by atoms with Crippen molar-refractivity contribution in [2.45, 2.75) is 53.4 Å². The highest BCUT2D eigenvalue weighted by molar-refractivity contribution is 5.83. The molecule has 3 aromatic rings. The maximum absolute atomic E-state index is 13.1. The molecule has 2 heterocycles. The van der Waals surface area contributed by atoms with Gasteiger partial charge in [-0.3, -0.25) is 4.98 Å². The van der Waals surface area contributed by atoms with Crippen molar-refractivity contribution in [1.29, 1.82) is 0 Å². The number of nitrogens with zero attached hydrogens (tertiary/aromatic N) is 2. The van der Waals surface area contributed by atoms with Crippen molar-refractivity contribution >= 4 is 5.69 Å². The molecule has 0 bridgehead atoms. The molecule has 0 radical (unpaired) electrons. The van der Waals surface area contributed by atoms with E-state index in [2.05, 4.69) is 50.9 Å². The topological polar surface area (TPSA) is 25.4 Å². The van der Waals surface area contributed by atoms with Crippen molar-refractivity contribution < 1.29 is 9.13 Å². The van der Waals surface area contributed by atoms with E-state index in [0.29, 0.717) is 12.0 Å². The van der Waals surface area contributed by atoms with Crippen LogP contribution in [-0.2, 0) is 12.8 Å². The van der Waals surface area contributed by atoms with Crippen molar-refractivity contribution in [2.75, 3.05) is 24.6 Å². The highest BCUT2D eigenvalue weighted by Gasteiger charge is 2.28. The summed E-state index contributed by atoms with van der Waals surface area (Å²) in [7, 11) is 0. The number of ether oxygens (including phenoxy) is 1. The summed E-state index contributed by atoms with van der Waals surface area (Å²) in [6.07, 6.45) is 6.19. The molecular weight excluding hydrogens is 411 g/mol. The third kappa shape index (κ3) is 5.55. The predicted octanol–water partition coefficient (Wildman–Crippen LogP) is 7.01. The summed E-state index contributed by atoms with van der Waals surface area (Å²) in [5.41, 5.74) is 7.64. The van der Waals surface area contributed by atoms with Crippen LogP contribution in [-0.4, -0.2) is 24.7 Å². The Labute approximate surface area is 197 Å². The van der Waals surface area contributed by atoms with Gasteiger partial charge in [0.25, 0.3) is 0 Å². The summed E-state index contributed by atoms with van der Waals surface area (Å²) in [4.78, 5) is 7.31. The minimum atomic E-state index is -0.209. The number of anilines is 1. The fourth-order valence-corrected chi connectivity index (χ4v) is 4.59. The Hall–Kier alpha value is -2.88. The summed E-state index contributed by atoms with van der Waals surface area (Å²) in [6.45, 7) is 11.8. The van der Waals surface area contributed by atoms with Gasteiger partial charge in [-0.25, -0.2) is 4.39 Å². The smallest absolute Gasteiger partial charge is 0.123 e. The van der Waals surface area contributed by atoms with Crippen LogP contribution < -0.4 is 9.64 Å². The SMILES string of the molecule is CCc1cnc(C)c(-c2ccc(OCCc3ccc(F)cc3)cc2)c1N1CCC(C)(C)CC1. The van der Waals surface area contributed by atoms with Gasteiger partial charge in [-0.15, -0.1) is 0 Å². The van der Waals surface area contributed by atoms with Crippen molar-refractivity contribution in [3.05, 3.63) is 77.4 Å². The van der Waals surface area contributed by atoms with E-state index in [4.69, 9.17) is 9.72 Å². The minimum absolute atomic E-state index is 0.209. The minimum Gasteiger partial charge on any atom is -0.493 e. The molecule has 1 saturated heterocycles. The van der Waals surface area contributed by atoms with Crippen LogP contribution in [0.2, 0.25) is 0 Å². The Kier molecular flexibility index (Phi) is 7.02. The van der Waals surface area contributed by atoms with Gasteiger partial charge in [-0.2, -0.15) is 0 Å². The molecule has 174 valence electrons. The quantitative estimate of drug-likeness (QED) is 0.390. The number of piperidine rings is 1. The summed E-state index contributed by atoms with van der Waals surface area (Å²) >= 11 is 0. The Morgan fingerprint density at radius 1 is 1.00 bits per heavy atom. The van der Waals surface area contributed by atoms with Crippen LogP contribution in [0.15, 0.2) is 54.7 Å². The van der Waals surface area contributed by atoms with Crippen LogP contribution in [0.5, 0.6) is 5.75 Å². The average molecular weight is 447 g/mol. The van der Waals surface area contributed by atoms with Gasteiger partial charge in [0.05, 0.1) is 12.3 Å². The van der Waals surface area contributed by atoms with Gasteiger partial charge in [0.15, 0.2) is 0 Å². The lowest BCUT2D eigenvalue weighted by molar-refractivity contribution is 0.279. The van der Waals surface area contributed by atoms with Crippen molar-refractivity contribution in [3.8, 4) is 16.9 Å². The second-order valence-corrected chi connectivity index (χ2v) is 9.85. The van der Waals surface area contributed by atoms with E-state index in [1.54, 1.807) is 0 Å². The molecule has 0 spiro atoms. The van der Waals surface area contributed by atoms with Gasteiger partial charge in [-0.1, -0.05) is 45.0 Å². The molecule has 2 aromatic carbocycles. The second-order valence-electron chi connectivity index (χ2n) is 9.85. The van der Waals surface area contributed by atoms with Crippen molar-refractivity contribution in [2.24, 2.45) is 5.41 Å². The van der Waals surface area contributed by atoms with Crippen LogP contribution in [0, 0.1) is 18.2 Å². The van der Waals surface area contributed by atoms with E-state index >= 15 is 0 Å². The molecule has 0 N–H and O–H groups in total. The maximum atomic E-state index is 13.1. The third-order valence-electron chi connectivity index (χ3n) is 6.85. The number of aryl methyl sites for hydroxylation is 2. The normalized spacial score (nSPS) is 15.5.